The van der Waals surface area contributed by atoms with Gasteiger partial charge in [0, 0.05) is 19.8 Å². The van der Waals surface area contributed by atoms with Gasteiger partial charge in [-0.1, -0.05) is 30.3 Å². The molecule has 1 atom stereocenters. The fourth-order valence-corrected chi connectivity index (χ4v) is 2.71. The molecular weight excluding hydrogens is 262 g/mol. The maximum Gasteiger partial charge on any atom is 0.240 e. The number of benzene rings is 1. The average molecular weight is 281 g/mol. The Balaban J connectivity index is 1.66. The molecule has 0 radical (unpaired) electrons. The molecule has 0 unspecified atom stereocenters. The van der Waals surface area contributed by atoms with Gasteiger partial charge in [0.05, 0.1) is 18.3 Å². The summed E-state index contributed by atoms with van der Waals surface area (Å²) in [5.74, 6) is 0.121. The molecule has 1 aromatic carbocycles. The molecule has 21 heavy (non-hydrogen) atoms. The lowest BCUT2D eigenvalue weighted by atomic mass is 9.95. The first-order valence-electron chi connectivity index (χ1n) is 7.19. The Labute approximate surface area is 124 Å². The number of likely N-dealkylation sites (N-methyl/N-ethyl adjacent to an activating group) is 1. The topological polar surface area (TPSA) is 45.2 Å². The Kier molecular flexibility index (Phi) is 3.97. The fourth-order valence-electron chi connectivity index (χ4n) is 2.71. The van der Waals surface area contributed by atoms with E-state index in [4.69, 9.17) is 0 Å². The second-order valence-electron chi connectivity index (χ2n) is 5.42. The fraction of sp³-hybridized carbons (Fsp3) is 0.294. The Morgan fingerprint density at radius 3 is 2.76 bits per heavy atom. The Morgan fingerprint density at radius 2 is 2.00 bits per heavy atom. The summed E-state index contributed by atoms with van der Waals surface area (Å²) in [5, 5.41) is 3.33. The highest BCUT2D eigenvalue weighted by molar-refractivity contribution is 5.82. The van der Waals surface area contributed by atoms with Crippen molar-refractivity contribution in [3.05, 3.63) is 65.5 Å². The van der Waals surface area contributed by atoms with Crippen LogP contribution in [-0.2, 0) is 24.3 Å². The molecule has 2 heterocycles. The molecule has 4 nitrogen and oxygen atoms in total. The summed E-state index contributed by atoms with van der Waals surface area (Å²) in [6.45, 7) is 1.30. The van der Waals surface area contributed by atoms with Crippen molar-refractivity contribution >= 4 is 5.91 Å². The molecule has 1 aliphatic rings. The molecule has 1 aromatic heterocycles. The van der Waals surface area contributed by atoms with Gasteiger partial charge in [0.15, 0.2) is 0 Å². The van der Waals surface area contributed by atoms with Crippen LogP contribution in [0.3, 0.4) is 0 Å². The minimum Gasteiger partial charge on any atom is -0.338 e. The molecule has 0 spiro atoms. The largest absolute Gasteiger partial charge is 0.338 e. The van der Waals surface area contributed by atoms with E-state index in [-0.39, 0.29) is 11.9 Å². The van der Waals surface area contributed by atoms with Gasteiger partial charge in [-0.3, -0.25) is 9.78 Å². The normalized spacial score (nSPS) is 17.1. The molecular formula is C17H19N3O. The van der Waals surface area contributed by atoms with E-state index in [9.17, 15) is 4.79 Å². The van der Waals surface area contributed by atoms with Crippen molar-refractivity contribution in [3.8, 4) is 0 Å². The molecule has 0 saturated heterocycles. The molecule has 1 N–H and O–H groups in total. The lowest BCUT2D eigenvalue weighted by Crippen LogP contribution is -2.48. The van der Waals surface area contributed by atoms with Crippen LogP contribution in [0.15, 0.2) is 48.7 Å². The number of carbonyl (C=O) groups excluding carboxylic acids is 1. The predicted molar refractivity (Wildman–Crippen MR) is 81.5 cm³/mol. The molecule has 1 aliphatic heterocycles. The monoisotopic (exact) mass is 281 g/mol. The average Bonchev–Trinajstić information content (AvgIpc) is 2.54. The number of nitrogens with one attached hydrogen (secondary N) is 1. The smallest absolute Gasteiger partial charge is 0.240 e. The van der Waals surface area contributed by atoms with E-state index in [2.05, 4.69) is 22.4 Å². The van der Waals surface area contributed by atoms with Crippen LogP contribution in [0.2, 0.25) is 0 Å². The van der Waals surface area contributed by atoms with E-state index in [1.165, 1.54) is 11.1 Å². The molecule has 1 amide bonds. The molecule has 0 bridgehead atoms. The third-order valence-corrected chi connectivity index (χ3v) is 3.88. The highest BCUT2D eigenvalue weighted by Crippen LogP contribution is 2.17. The first-order chi connectivity index (χ1) is 10.2. The van der Waals surface area contributed by atoms with Gasteiger partial charge in [-0.25, -0.2) is 0 Å². The number of nitrogens with zero attached hydrogens (tertiary/aromatic N) is 2. The Bertz CT molecular complexity index is 627. The van der Waals surface area contributed by atoms with E-state index >= 15 is 0 Å². The number of fused-ring (bicyclic) bond motifs is 1. The Morgan fingerprint density at radius 1 is 1.24 bits per heavy atom. The maximum absolute atomic E-state index is 12.5. The number of aromatic nitrogens is 1. The zero-order chi connectivity index (χ0) is 14.7. The van der Waals surface area contributed by atoms with Gasteiger partial charge in [-0.2, -0.15) is 0 Å². The summed E-state index contributed by atoms with van der Waals surface area (Å²) in [5.41, 5.74) is 3.46. The zero-order valence-electron chi connectivity index (χ0n) is 12.1. The van der Waals surface area contributed by atoms with Crippen LogP contribution in [0.25, 0.3) is 0 Å². The van der Waals surface area contributed by atoms with Gasteiger partial charge in [-0.05, 0) is 29.7 Å². The summed E-state index contributed by atoms with van der Waals surface area (Å²) in [6.07, 6.45) is 2.50. The summed E-state index contributed by atoms with van der Waals surface area (Å²) in [7, 11) is 1.83. The van der Waals surface area contributed by atoms with E-state index in [1.54, 1.807) is 11.1 Å². The zero-order valence-corrected chi connectivity index (χ0v) is 12.1. The minimum atomic E-state index is -0.145. The van der Waals surface area contributed by atoms with Gasteiger partial charge in [-0.15, -0.1) is 0 Å². The maximum atomic E-state index is 12.5. The van der Waals surface area contributed by atoms with Gasteiger partial charge in [0.2, 0.25) is 5.91 Å². The van der Waals surface area contributed by atoms with Crippen LogP contribution < -0.4 is 5.32 Å². The number of amides is 1. The summed E-state index contributed by atoms with van der Waals surface area (Å²) in [4.78, 5) is 18.6. The van der Waals surface area contributed by atoms with Gasteiger partial charge in [0.25, 0.3) is 0 Å². The van der Waals surface area contributed by atoms with Crippen LogP contribution in [0.5, 0.6) is 0 Å². The lowest BCUT2D eigenvalue weighted by molar-refractivity contribution is -0.132. The second kappa shape index (κ2) is 6.06. The van der Waals surface area contributed by atoms with Gasteiger partial charge < -0.3 is 10.2 Å². The molecule has 2 aromatic rings. The van der Waals surface area contributed by atoms with E-state index < -0.39 is 0 Å². The van der Waals surface area contributed by atoms with Crippen molar-refractivity contribution in [2.45, 2.75) is 25.6 Å². The lowest BCUT2D eigenvalue weighted by Gasteiger charge is -2.29. The molecule has 3 rings (SSSR count). The highest BCUT2D eigenvalue weighted by Gasteiger charge is 2.26. The number of pyridine rings is 1. The standard InChI is InChI=1S/C17H19N3O/c1-20(12-15-8-4-5-9-18-15)17(21)16-10-13-6-2-3-7-14(13)11-19-16/h2-9,16,19H,10-12H2,1H3/t16-/m1/s1. The quantitative estimate of drug-likeness (QED) is 0.932. The van der Waals surface area contributed by atoms with Crippen molar-refractivity contribution in [2.24, 2.45) is 0 Å². The first kappa shape index (κ1) is 13.8. The third kappa shape index (κ3) is 3.11. The van der Waals surface area contributed by atoms with Crippen molar-refractivity contribution < 1.29 is 4.79 Å². The molecule has 108 valence electrons. The highest BCUT2D eigenvalue weighted by atomic mass is 16.2. The molecule has 0 aliphatic carbocycles. The number of hydrogen-bond donors (Lipinski definition) is 1. The minimum absolute atomic E-state index is 0.121. The van der Waals surface area contributed by atoms with Crippen molar-refractivity contribution in [2.75, 3.05) is 7.05 Å². The molecule has 0 saturated carbocycles. The number of hydrogen-bond acceptors (Lipinski definition) is 3. The van der Waals surface area contributed by atoms with Crippen LogP contribution in [0.1, 0.15) is 16.8 Å². The van der Waals surface area contributed by atoms with Crippen LogP contribution in [0, 0.1) is 0 Å². The first-order valence-corrected chi connectivity index (χ1v) is 7.19. The number of carbonyl (C=O) groups is 1. The molecule has 4 heteroatoms. The van der Waals surface area contributed by atoms with Crippen molar-refractivity contribution in [3.63, 3.8) is 0 Å². The molecule has 0 fully saturated rings. The van der Waals surface area contributed by atoms with Gasteiger partial charge >= 0.3 is 0 Å². The second-order valence-corrected chi connectivity index (χ2v) is 5.42. The van der Waals surface area contributed by atoms with E-state index in [0.717, 1.165) is 18.7 Å². The van der Waals surface area contributed by atoms with Gasteiger partial charge in [0.1, 0.15) is 0 Å². The van der Waals surface area contributed by atoms with Crippen LogP contribution in [0.4, 0.5) is 0 Å². The number of rotatable bonds is 3. The van der Waals surface area contributed by atoms with Crippen LogP contribution >= 0.6 is 0 Å². The van der Waals surface area contributed by atoms with Crippen molar-refractivity contribution in [1.29, 1.82) is 0 Å². The summed E-state index contributed by atoms with van der Waals surface area (Å²) >= 11 is 0. The van der Waals surface area contributed by atoms with E-state index in [1.807, 2.05) is 37.4 Å². The third-order valence-electron chi connectivity index (χ3n) is 3.88. The summed E-state index contributed by atoms with van der Waals surface area (Å²) < 4.78 is 0. The Hall–Kier alpha value is -2.20. The van der Waals surface area contributed by atoms with Crippen molar-refractivity contribution in [1.82, 2.24) is 15.2 Å². The predicted octanol–water partition coefficient (Wildman–Crippen LogP) is 1.75. The SMILES string of the molecule is CN(Cc1ccccn1)C(=O)[C@H]1Cc2ccccc2CN1. The van der Waals surface area contributed by atoms with Crippen LogP contribution in [-0.4, -0.2) is 28.9 Å². The summed E-state index contributed by atoms with van der Waals surface area (Å²) in [6, 6.07) is 13.9. The van der Waals surface area contributed by atoms with E-state index in [0.29, 0.717) is 6.54 Å².